The molecule has 0 aliphatic rings. The summed E-state index contributed by atoms with van der Waals surface area (Å²) in [7, 11) is -3.31. The van der Waals surface area contributed by atoms with Gasteiger partial charge in [-0.15, -0.1) is 0 Å². The van der Waals surface area contributed by atoms with Gasteiger partial charge in [-0.25, -0.2) is 18.0 Å². The number of pyridine rings is 1. The number of hydrogen-bond donors (Lipinski definition) is 0. The summed E-state index contributed by atoms with van der Waals surface area (Å²) in [5.41, 5.74) is 0.783. The van der Waals surface area contributed by atoms with E-state index in [0.717, 1.165) is 12.1 Å². The highest BCUT2D eigenvalue weighted by Crippen LogP contribution is 2.31. The molecule has 3 aromatic heterocycles. The Labute approximate surface area is 171 Å². The first-order valence-electron chi connectivity index (χ1n) is 8.53. The first-order valence-corrected chi connectivity index (χ1v) is 10.5. The van der Waals surface area contributed by atoms with E-state index in [-0.39, 0.29) is 27.7 Å². The number of imidazole rings is 1. The fourth-order valence-electron chi connectivity index (χ4n) is 2.85. The summed E-state index contributed by atoms with van der Waals surface area (Å²) in [6.07, 6.45) is -2.15. The lowest BCUT2D eigenvalue weighted by molar-refractivity contribution is -0.159. The van der Waals surface area contributed by atoms with Gasteiger partial charge in [-0.1, -0.05) is 5.16 Å². The first-order chi connectivity index (χ1) is 14.5. The molecule has 0 saturated heterocycles. The van der Waals surface area contributed by atoms with Crippen LogP contribution in [0.25, 0.3) is 17.0 Å². The van der Waals surface area contributed by atoms with Crippen molar-refractivity contribution in [3.05, 3.63) is 59.7 Å². The minimum Gasteiger partial charge on any atom is -0.329 e. The molecule has 1 aromatic carbocycles. The van der Waals surface area contributed by atoms with Crippen molar-refractivity contribution in [3.8, 4) is 11.4 Å². The van der Waals surface area contributed by atoms with E-state index in [1.54, 1.807) is 6.92 Å². The number of benzene rings is 1. The van der Waals surface area contributed by atoms with Crippen LogP contribution in [0.3, 0.4) is 0 Å². The number of rotatable bonds is 3. The molecule has 0 aliphatic heterocycles. The Morgan fingerprint density at radius 3 is 2.52 bits per heavy atom. The predicted octanol–water partition coefficient (Wildman–Crippen LogP) is 4.78. The lowest BCUT2D eigenvalue weighted by Gasteiger charge is -2.07. The molecule has 7 nitrogen and oxygen atoms in total. The van der Waals surface area contributed by atoms with Crippen molar-refractivity contribution in [2.45, 2.75) is 18.0 Å². The van der Waals surface area contributed by atoms with E-state index in [9.17, 15) is 26.2 Å². The van der Waals surface area contributed by atoms with Gasteiger partial charge in [0.05, 0.1) is 20.3 Å². The predicted molar refractivity (Wildman–Crippen MR) is 99.0 cm³/mol. The molecule has 31 heavy (non-hydrogen) atoms. The van der Waals surface area contributed by atoms with Crippen molar-refractivity contribution in [1.29, 1.82) is 0 Å². The molecule has 0 fully saturated rings. The fourth-order valence-corrected chi connectivity index (χ4v) is 4.24. The Balaban J connectivity index is 1.80. The van der Waals surface area contributed by atoms with Crippen LogP contribution in [0.2, 0.25) is 0 Å². The second kappa shape index (κ2) is 7.11. The minimum absolute atomic E-state index is 0.141. The molecule has 1 unspecified atom stereocenters. The average Bonchev–Trinajstić information content (AvgIpc) is 3.26. The first kappa shape index (κ1) is 20.9. The number of aromatic nitrogens is 4. The highest BCUT2D eigenvalue weighted by Gasteiger charge is 2.38. The number of fused-ring (bicyclic) bond motifs is 1. The van der Waals surface area contributed by atoms with Crippen LogP contribution in [-0.4, -0.2) is 30.0 Å². The van der Waals surface area contributed by atoms with Gasteiger partial charge in [0.15, 0.2) is 5.82 Å². The molecule has 0 aliphatic carbocycles. The molecular weight excluding hydrogens is 445 g/mol. The van der Waals surface area contributed by atoms with Crippen LogP contribution < -0.4 is 0 Å². The summed E-state index contributed by atoms with van der Waals surface area (Å²) in [5.74, 6) is -3.44. The number of hydrogen-bond acceptors (Lipinski definition) is 6. The van der Waals surface area contributed by atoms with Gasteiger partial charge in [0, 0.05) is 24.1 Å². The van der Waals surface area contributed by atoms with Crippen LogP contribution in [0.15, 0.2) is 50.3 Å². The van der Waals surface area contributed by atoms with E-state index in [0.29, 0.717) is 11.8 Å². The second-order valence-electron chi connectivity index (χ2n) is 6.55. The molecule has 0 N–H and O–H groups in total. The maximum Gasteiger partial charge on any atom is 0.471 e. The highest BCUT2D eigenvalue weighted by atomic mass is 32.2. The molecule has 0 radical (unpaired) electrons. The van der Waals surface area contributed by atoms with Crippen LogP contribution in [0.1, 0.15) is 11.6 Å². The maximum atomic E-state index is 14.1. The SMILES string of the molecule is Cc1nc2cc(-c3noc(C(F)(F)F)n3)ccn2c1N=S(C)(=O)c1ccc(F)cc1F. The molecule has 0 bridgehead atoms. The van der Waals surface area contributed by atoms with Crippen molar-refractivity contribution in [2.24, 2.45) is 4.36 Å². The van der Waals surface area contributed by atoms with Gasteiger partial charge >= 0.3 is 12.1 Å². The number of aryl methyl sites for hydroxylation is 1. The van der Waals surface area contributed by atoms with Crippen LogP contribution >= 0.6 is 0 Å². The Hall–Kier alpha value is -3.35. The van der Waals surface area contributed by atoms with Gasteiger partial charge in [-0.05, 0) is 31.2 Å². The molecule has 4 aromatic rings. The van der Waals surface area contributed by atoms with E-state index < -0.39 is 33.4 Å². The zero-order valence-corrected chi connectivity index (χ0v) is 16.6. The van der Waals surface area contributed by atoms with E-state index in [2.05, 4.69) is 24.0 Å². The third kappa shape index (κ3) is 3.87. The molecule has 3 heterocycles. The van der Waals surface area contributed by atoms with E-state index in [1.165, 1.54) is 29.0 Å². The summed E-state index contributed by atoms with van der Waals surface area (Å²) < 4.78 is 88.2. The van der Waals surface area contributed by atoms with Gasteiger partial charge < -0.3 is 4.52 Å². The molecule has 0 amide bonds. The van der Waals surface area contributed by atoms with E-state index in [1.807, 2.05) is 0 Å². The normalized spacial score (nSPS) is 14.0. The number of nitrogens with zero attached hydrogens (tertiary/aromatic N) is 5. The van der Waals surface area contributed by atoms with Crippen LogP contribution in [0.4, 0.5) is 27.8 Å². The Morgan fingerprint density at radius 2 is 1.87 bits per heavy atom. The Morgan fingerprint density at radius 1 is 1.13 bits per heavy atom. The van der Waals surface area contributed by atoms with Crippen molar-refractivity contribution >= 4 is 21.2 Å². The van der Waals surface area contributed by atoms with Gasteiger partial charge in [0.2, 0.25) is 5.82 Å². The maximum absolute atomic E-state index is 14.1. The van der Waals surface area contributed by atoms with Gasteiger partial charge in [-0.2, -0.15) is 22.5 Å². The van der Waals surface area contributed by atoms with Crippen LogP contribution in [0, 0.1) is 18.6 Å². The van der Waals surface area contributed by atoms with E-state index >= 15 is 0 Å². The minimum atomic E-state index is -4.78. The molecule has 4 rings (SSSR count). The molecule has 13 heteroatoms. The largest absolute Gasteiger partial charge is 0.471 e. The Kier molecular flexibility index (Phi) is 4.80. The summed E-state index contributed by atoms with van der Waals surface area (Å²) in [5, 5.41) is 3.32. The topological polar surface area (TPSA) is 85.7 Å². The zero-order valence-electron chi connectivity index (χ0n) is 15.8. The van der Waals surface area contributed by atoms with Crippen molar-refractivity contribution < 1.29 is 30.7 Å². The summed E-state index contributed by atoms with van der Waals surface area (Å²) in [6, 6.07) is 5.44. The third-order valence-electron chi connectivity index (χ3n) is 4.26. The monoisotopic (exact) mass is 457 g/mol. The second-order valence-corrected chi connectivity index (χ2v) is 8.78. The molecule has 162 valence electrons. The molecule has 1 atom stereocenters. The summed E-state index contributed by atoms with van der Waals surface area (Å²) in [6.45, 7) is 1.57. The zero-order chi connectivity index (χ0) is 22.6. The van der Waals surface area contributed by atoms with Crippen molar-refractivity contribution in [2.75, 3.05) is 6.26 Å². The van der Waals surface area contributed by atoms with Gasteiger partial charge in [0.25, 0.3) is 0 Å². The molecular formula is C18H12F5N5O2S. The van der Waals surface area contributed by atoms with Crippen LogP contribution in [-0.2, 0) is 15.9 Å². The quantitative estimate of drug-likeness (QED) is 0.414. The lowest BCUT2D eigenvalue weighted by atomic mass is 10.2. The Bertz CT molecular complexity index is 1430. The summed E-state index contributed by atoms with van der Waals surface area (Å²) >= 11 is 0. The standard InChI is InChI=1S/C18H12F5N5O2S/c1-9-16(27-31(2,29)13-4-3-11(19)8-12(13)20)28-6-5-10(7-14(28)24-9)15-25-17(30-26-15)18(21,22)23/h3-8H,1-2H3. The van der Waals surface area contributed by atoms with Crippen molar-refractivity contribution in [3.63, 3.8) is 0 Å². The van der Waals surface area contributed by atoms with E-state index in [4.69, 9.17) is 0 Å². The number of alkyl halides is 3. The fraction of sp³-hybridized carbons (Fsp3) is 0.167. The van der Waals surface area contributed by atoms with Crippen LogP contribution in [0.5, 0.6) is 0 Å². The van der Waals surface area contributed by atoms with Crippen molar-refractivity contribution in [1.82, 2.24) is 19.5 Å². The molecule has 0 saturated carbocycles. The smallest absolute Gasteiger partial charge is 0.329 e. The number of halogens is 5. The summed E-state index contributed by atoms with van der Waals surface area (Å²) in [4.78, 5) is 7.30. The van der Waals surface area contributed by atoms with Gasteiger partial charge in [-0.3, -0.25) is 4.40 Å². The third-order valence-corrected chi connectivity index (χ3v) is 5.93. The lowest BCUT2D eigenvalue weighted by Crippen LogP contribution is -2.04. The highest BCUT2D eigenvalue weighted by molar-refractivity contribution is 7.93. The molecule has 0 spiro atoms. The van der Waals surface area contributed by atoms with Gasteiger partial charge in [0.1, 0.15) is 17.3 Å². The average molecular weight is 457 g/mol.